The van der Waals surface area contributed by atoms with Gasteiger partial charge in [0.2, 0.25) is 5.78 Å². The van der Waals surface area contributed by atoms with Gasteiger partial charge in [-0.05, 0) is 51.7 Å². The molecule has 1 aliphatic rings. The molecule has 0 unspecified atom stereocenters. The zero-order valence-corrected chi connectivity index (χ0v) is 15.2. The van der Waals surface area contributed by atoms with Crippen LogP contribution in [0, 0.1) is 11.8 Å². The van der Waals surface area contributed by atoms with Gasteiger partial charge in [0.25, 0.3) is 0 Å². The third-order valence-corrected chi connectivity index (χ3v) is 3.62. The number of nitrogens with zero attached hydrogens (tertiary/aromatic N) is 1. The van der Waals surface area contributed by atoms with Crippen molar-refractivity contribution in [2.24, 2.45) is 0 Å². The van der Waals surface area contributed by atoms with Gasteiger partial charge in [-0.25, -0.2) is 4.79 Å². The van der Waals surface area contributed by atoms with Crippen molar-refractivity contribution < 1.29 is 32.2 Å². The van der Waals surface area contributed by atoms with E-state index in [1.807, 2.05) is 0 Å². The maximum atomic E-state index is 12.4. The predicted octanol–water partition coefficient (Wildman–Crippen LogP) is 3.91. The SMILES string of the molecule is CC(C)(C)OC(=O)N1CCC[C@H]1C(=O)C#Cc1ccccc1OC(F)(F)F. The summed E-state index contributed by atoms with van der Waals surface area (Å²) in [6.07, 6.45) is -4.43. The minimum absolute atomic E-state index is 0.0648. The number of benzene rings is 1. The lowest BCUT2D eigenvalue weighted by molar-refractivity contribution is -0.274. The average molecular weight is 383 g/mol. The normalized spacial score (nSPS) is 17.1. The minimum atomic E-state index is -4.86. The Morgan fingerprint density at radius 2 is 1.85 bits per heavy atom. The van der Waals surface area contributed by atoms with Gasteiger partial charge in [0, 0.05) is 6.54 Å². The van der Waals surface area contributed by atoms with Gasteiger partial charge in [0.15, 0.2) is 0 Å². The zero-order chi connectivity index (χ0) is 20.2. The molecule has 1 fully saturated rings. The van der Waals surface area contributed by atoms with E-state index in [-0.39, 0.29) is 5.56 Å². The fourth-order valence-electron chi connectivity index (χ4n) is 2.57. The number of Topliss-reactive ketones (excluding diaryl/α,β-unsaturated/α-hetero) is 1. The summed E-state index contributed by atoms with van der Waals surface area (Å²) in [5.74, 6) is 3.71. The monoisotopic (exact) mass is 383 g/mol. The number of hydrogen-bond donors (Lipinski definition) is 0. The molecule has 146 valence electrons. The number of alkyl halides is 3. The van der Waals surface area contributed by atoms with E-state index in [2.05, 4.69) is 16.6 Å². The van der Waals surface area contributed by atoms with Crippen molar-refractivity contribution in [2.75, 3.05) is 6.54 Å². The van der Waals surface area contributed by atoms with Crippen molar-refractivity contribution in [3.05, 3.63) is 29.8 Å². The molecule has 1 aromatic rings. The number of halogens is 3. The van der Waals surface area contributed by atoms with E-state index in [0.29, 0.717) is 19.4 Å². The first kappa shape index (κ1) is 20.6. The molecular formula is C19H20F3NO4. The van der Waals surface area contributed by atoms with Gasteiger partial charge in [0.1, 0.15) is 17.4 Å². The Morgan fingerprint density at radius 1 is 1.19 bits per heavy atom. The van der Waals surface area contributed by atoms with Crippen LogP contribution in [0.3, 0.4) is 0 Å². The lowest BCUT2D eigenvalue weighted by atomic mass is 10.1. The van der Waals surface area contributed by atoms with Crippen LogP contribution in [0.5, 0.6) is 5.75 Å². The first-order valence-electron chi connectivity index (χ1n) is 8.36. The fourth-order valence-corrected chi connectivity index (χ4v) is 2.57. The molecule has 8 heteroatoms. The highest BCUT2D eigenvalue weighted by atomic mass is 19.4. The Morgan fingerprint density at radius 3 is 2.48 bits per heavy atom. The van der Waals surface area contributed by atoms with E-state index in [1.165, 1.54) is 23.1 Å². The standard InChI is InChI=1S/C19H20F3NO4/c1-18(2,3)27-17(25)23-12-6-8-14(23)15(24)11-10-13-7-4-5-9-16(13)26-19(20,21)22/h4-5,7,9,14H,6,8,12H2,1-3H3/t14-/m0/s1. The Kier molecular flexibility index (Phi) is 6.04. The Labute approximate surface area is 155 Å². The van der Waals surface area contributed by atoms with E-state index < -0.39 is 35.6 Å². The van der Waals surface area contributed by atoms with Gasteiger partial charge < -0.3 is 9.47 Å². The third kappa shape index (κ3) is 6.20. The van der Waals surface area contributed by atoms with Crippen molar-refractivity contribution in [3.8, 4) is 17.6 Å². The lowest BCUT2D eigenvalue weighted by Gasteiger charge is -2.27. The molecule has 1 amide bonds. The second kappa shape index (κ2) is 7.91. The molecule has 0 bridgehead atoms. The summed E-state index contributed by atoms with van der Waals surface area (Å²) in [5.41, 5.74) is -0.766. The second-order valence-electron chi connectivity index (χ2n) is 6.99. The van der Waals surface area contributed by atoms with E-state index in [0.717, 1.165) is 6.07 Å². The van der Waals surface area contributed by atoms with E-state index in [1.54, 1.807) is 20.8 Å². The summed E-state index contributed by atoms with van der Waals surface area (Å²) in [6, 6.07) is 4.52. The first-order chi connectivity index (χ1) is 12.5. The predicted molar refractivity (Wildman–Crippen MR) is 91.0 cm³/mol. The molecule has 2 rings (SSSR count). The summed E-state index contributed by atoms with van der Waals surface area (Å²) < 4.78 is 46.5. The molecule has 0 saturated carbocycles. The van der Waals surface area contributed by atoms with Gasteiger partial charge in [-0.15, -0.1) is 13.2 Å². The summed E-state index contributed by atoms with van der Waals surface area (Å²) in [6.45, 7) is 5.51. The summed E-state index contributed by atoms with van der Waals surface area (Å²) in [4.78, 5) is 25.9. The summed E-state index contributed by atoms with van der Waals surface area (Å²) >= 11 is 0. The zero-order valence-electron chi connectivity index (χ0n) is 15.2. The van der Waals surface area contributed by atoms with Gasteiger partial charge in [-0.1, -0.05) is 18.1 Å². The number of para-hydroxylation sites is 1. The highest BCUT2D eigenvalue weighted by Crippen LogP contribution is 2.26. The number of carbonyl (C=O) groups is 2. The number of ketones is 1. The van der Waals surface area contributed by atoms with E-state index in [4.69, 9.17) is 4.74 Å². The number of hydrogen-bond acceptors (Lipinski definition) is 4. The minimum Gasteiger partial charge on any atom is -0.444 e. The van der Waals surface area contributed by atoms with E-state index >= 15 is 0 Å². The van der Waals surface area contributed by atoms with Crippen molar-refractivity contribution in [2.45, 2.75) is 51.6 Å². The van der Waals surface area contributed by atoms with Crippen LogP contribution >= 0.6 is 0 Å². The van der Waals surface area contributed by atoms with Crippen LogP contribution in [0.1, 0.15) is 39.2 Å². The highest BCUT2D eigenvalue weighted by molar-refractivity contribution is 6.01. The molecule has 0 spiro atoms. The van der Waals surface area contributed by atoms with Crippen LogP contribution in [-0.4, -0.2) is 41.3 Å². The Hall–Kier alpha value is -2.69. The molecule has 5 nitrogen and oxygen atoms in total. The van der Waals surface area contributed by atoms with Crippen LogP contribution in [0.4, 0.5) is 18.0 Å². The van der Waals surface area contributed by atoms with Crippen molar-refractivity contribution in [3.63, 3.8) is 0 Å². The quantitative estimate of drug-likeness (QED) is 0.727. The molecule has 27 heavy (non-hydrogen) atoms. The summed E-state index contributed by atoms with van der Waals surface area (Å²) in [7, 11) is 0. The number of ether oxygens (including phenoxy) is 2. The molecule has 0 aliphatic carbocycles. The molecule has 1 saturated heterocycles. The number of rotatable bonds is 2. The molecule has 0 radical (unpaired) electrons. The molecule has 0 aromatic heterocycles. The van der Waals surface area contributed by atoms with Crippen LogP contribution in [0.25, 0.3) is 0 Å². The molecule has 1 heterocycles. The first-order valence-corrected chi connectivity index (χ1v) is 8.36. The number of likely N-dealkylation sites (tertiary alicyclic amines) is 1. The van der Waals surface area contributed by atoms with Crippen LogP contribution in [-0.2, 0) is 9.53 Å². The largest absolute Gasteiger partial charge is 0.573 e. The Bertz CT molecular complexity index is 772. The van der Waals surface area contributed by atoms with Gasteiger partial charge in [0.05, 0.1) is 5.56 Å². The fraction of sp³-hybridized carbons (Fsp3) is 0.474. The highest BCUT2D eigenvalue weighted by Gasteiger charge is 2.36. The van der Waals surface area contributed by atoms with Crippen molar-refractivity contribution in [1.29, 1.82) is 0 Å². The molecule has 1 aromatic carbocycles. The van der Waals surface area contributed by atoms with Crippen LogP contribution in [0.15, 0.2) is 24.3 Å². The maximum Gasteiger partial charge on any atom is 0.573 e. The second-order valence-corrected chi connectivity index (χ2v) is 6.99. The van der Waals surface area contributed by atoms with Gasteiger partial charge in [-0.3, -0.25) is 9.69 Å². The van der Waals surface area contributed by atoms with Gasteiger partial charge >= 0.3 is 12.5 Å². The number of amides is 1. The van der Waals surface area contributed by atoms with E-state index in [9.17, 15) is 22.8 Å². The Balaban J connectivity index is 2.15. The lowest BCUT2D eigenvalue weighted by Crippen LogP contribution is -2.43. The topological polar surface area (TPSA) is 55.8 Å². The smallest absolute Gasteiger partial charge is 0.444 e. The molecule has 0 N–H and O–H groups in total. The van der Waals surface area contributed by atoms with Crippen molar-refractivity contribution in [1.82, 2.24) is 4.90 Å². The van der Waals surface area contributed by atoms with Crippen LogP contribution in [0.2, 0.25) is 0 Å². The van der Waals surface area contributed by atoms with Crippen LogP contribution < -0.4 is 4.74 Å². The van der Waals surface area contributed by atoms with Gasteiger partial charge in [-0.2, -0.15) is 0 Å². The molecule has 1 atom stereocenters. The summed E-state index contributed by atoms with van der Waals surface area (Å²) in [5, 5.41) is 0. The molecule has 1 aliphatic heterocycles. The third-order valence-electron chi connectivity index (χ3n) is 3.62. The molecular weight excluding hydrogens is 363 g/mol. The average Bonchev–Trinajstić information content (AvgIpc) is 3.00. The van der Waals surface area contributed by atoms with Crippen molar-refractivity contribution >= 4 is 11.9 Å². The maximum absolute atomic E-state index is 12.4. The number of carbonyl (C=O) groups excluding carboxylic acids is 2.